The summed E-state index contributed by atoms with van der Waals surface area (Å²) in [6, 6.07) is -3.25. The van der Waals surface area contributed by atoms with Crippen LogP contribution in [0.15, 0.2) is 4.99 Å². The quantitative estimate of drug-likeness (QED) is 0.0758. The molecule has 0 aromatic heterocycles. The Morgan fingerprint density at radius 2 is 2.03 bits per heavy atom. The van der Waals surface area contributed by atoms with Crippen molar-refractivity contribution in [1.29, 1.82) is 0 Å². The monoisotopic (exact) mass is 487 g/mol. The predicted molar refractivity (Wildman–Crippen MR) is 113 cm³/mol. The lowest BCUT2D eigenvalue weighted by atomic mass is 9.94. The van der Waals surface area contributed by atoms with Gasteiger partial charge < -0.3 is 36.0 Å². The van der Waals surface area contributed by atoms with Gasteiger partial charge in [0.25, 0.3) is 5.91 Å². The highest BCUT2D eigenvalue weighted by molar-refractivity contribution is 8.00. The van der Waals surface area contributed by atoms with Crippen LogP contribution in [-0.2, 0) is 28.7 Å². The number of hydrogen-bond donors (Lipinski definition) is 4. The van der Waals surface area contributed by atoms with E-state index < -0.39 is 65.0 Å². The number of nitrogens with one attached hydrogen (secondary N) is 1. The molecule has 2 fully saturated rings. The fourth-order valence-electron chi connectivity index (χ4n) is 3.64. The molecule has 2 aliphatic heterocycles. The number of unbranched alkanes of at least 4 members (excludes halogenated alkanes) is 1. The summed E-state index contributed by atoms with van der Waals surface area (Å²) in [6.07, 6.45) is 0.711. The molecule has 5 N–H and O–H groups in total. The highest BCUT2D eigenvalue weighted by Crippen LogP contribution is 2.42. The number of esters is 1. The van der Waals surface area contributed by atoms with Gasteiger partial charge in [-0.1, -0.05) is 6.42 Å². The van der Waals surface area contributed by atoms with Gasteiger partial charge in [-0.05, 0) is 25.2 Å². The first-order valence-electron chi connectivity index (χ1n) is 10.3. The van der Waals surface area contributed by atoms with Crippen LogP contribution in [-0.4, -0.2) is 93.1 Å². The Labute approximate surface area is 193 Å². The average molecular weight is 488 g/mol. The number of aliphatic imine (C=N–C) groups is 1. The van der Waals surface area contributed by atoms with Crippen molar-refractivity contribution in [2.75, 3.05) is 18.9 Å². The van der Waals surface area contributed by atoms with Gasteiger partial charge in [0.15, 0.2) is 6.04 Å². The first-order chi connectivity index (χ1) is 15.6. The van der Waals surface area contributed by atoms with Gasteiger partial charge in [-0.25, -0.2) is 9.59 Å². The number of nitrogens with two attached hydrogens (primary N) is 1. The molecule has 0 aromatic carbocycles. The van der Waals surface area contributed by atoms with Crippen molar-refractivity contribution in [2.45, 2.75) is 56.1 Å². The summed E-state index contributed by atoms with van der Waals surface area (Å²) in [5.41, 5.74) is 5.15. The van der Waals surface area contributed by atoms with Gasteiger partial charge in [-0.3, -0.25) is 19.4 Å². The zero-order chi connectivity index (χ0) is 24.7. The maximum absolute atomic E-state index is 12.5. The van der Waals surface area contributed by atoms with Crippen LogP contribution >= 0.6 is 11.8 Å². The van der Waals surface area contributed by atoms with Crippen LogP contribution in [0.1, 0.15) is 32.6 Å². The maximum atomic E-state index is 12.5. The largest absolute Gasteiger partial charge is 0.862 e. The van der Waals surface area contributed by atoms with Crippen molar-refractivity contribution in [3.8, 4) is 0 Å². The van der Waals surface area contributed by atoms with E-state index in [0.717, 1.165) is 0 Å². The molecule has 13 nitrogen and oxygen atoms in total. The minimum atomic E-state index is -1.22. The number of carbonyl (C=O) groups is 5. The number of carboxylic acids is 2. The summed E-state index contributed by atoms with van der Waals surface area (Å²) in [6.45, 7) is 0.751. The molecule has 2 amide bonds. The lowest BCUT2D eigenvalue weighted by Crippen LogP contribution is -2.71. The molecule has 0 saturated carbocycles. The molecule has 14 heteroatoms. The van der Waals surface area contributed by atoms with Crippen LogP contribution in [0.5, 0.6) is 0 Å². The SMILES string of the molecule is CC(=O)OC[C@@H]1CS[C@@H]2[C@H](N=C([O-])CCCC[C@H](NC(=O)CN)C(=O)O)C(=O)N2[C@@H]1C(=O)O. The van der Waals surface area contributed by atoms with E-state index in [9.17, 15) is 34.2 Å². The Balaban J connectivity index is 1.88. The van der Waals surface area contributed by atoms with Gasteiger partial charge in [-0.15, -0.1) is 11.8 Å². The lowest BCUT2D eigenvalue weighted by Gasteiger charge is -2.53. The van der Waals surface area contributed by atoms with E-state index in [1.54, 1.807) is 0 Å². The number of aliphatic carboxylic acids is 2. The first kappa shape index (κ1) is 26.4. The van der Waals surface area contributed by atoms with Gasteiger partial charge in [-0.2, -0.15) is 0 Å². The van der Waals surface area contributed by atoms with Crippen LogP contribution < -0.4 is 16.2 Å². The highest BCUT2D eigenvalue weighted by atomic mass is 32.2. The molecular formula is C19H27N4O9S-. The number of amides is 2. The summed E-state index contributed by atoms with van der Waals surface area (Å²) < 4.78 is 4.91. The number of ether oxygens (including phenoxy) is 1. The van der Waals surface area contributed by atoms with E-state index in [1.807, 2.05) is 0 Å². The number of hydrogen-bond acceptors (Lipinski definition) is 10. The molecule has 0 radical (unpaired) electrons. The van der Waals surface area contributed by atoms with Crippen molar-refractivity contribution < 1.29 is 44.0 Å². The van der Waals surface area contributed by atoms with Gasteiger partial charge in [0, 0.05) is 18.6 Å². The Morgan fingerprint density at radius 1 is 1.33 bits per heavy atom. The Bertz CT molecular complexity index is 821. The Morgan fingerprint density at radius 3 is 2.61 bits per heavy atom. The van der Waals surface area contributed by atoms with Gasteiger partial charge in [0.1, 0.15) is 17.5 Å². The zero-order valence-corrected chi connectivity index (χ0v) is 18.8. The number of thioether (sulfide) groups is 1. The molecule has 0 aliphatic carbocycles. The molecule has 2 heterocycles. The first-order valence-corrected chi connectivity index (χ1v) is 11.4. The standard InChI is InChI=1S/C19H28N4O9S/c1-9(24)32-7-10-8-33-17-14(16(27)23(17)15(10)19(30)31)22-12(25)5-3-2-4-11(18(28)29)21-13(26)6-20/h10-11,14-15,17H,2-8,20H2,1H3,(H,21,26)(H,22,25)(H,28,29)(H,30,31)/p-1/t10-,11+,14-,15+,17-/m1/s1. The van der Waals surface area contributed by atoms with Crippen LogP contribution in [0.25, 0.3) is 0 Å². The number of β-lactam (4-membered cyclic amide) rings is 1. The summed E-state index contributed by atoms with van der Waals surface area (Å²) in [5.74, 6) is -4.93. The molecular weight excluding hydrogens is 460 g/mol. The van der Waals surface area contributed by atoms with Gasteiger partial charge in [0.05, 0.1) is 13.2 Å². The van der Waals surface area contributed by atoms with Crippen LogP contribution in [0.2, 0.25) is 0 Å². The van der Waals surface area contributed by atoms with E-state index in [4.69, 9.17) is 15.6 Å². The van der Waals surface area contributed by atoms with Crippen molar-refractivity contribution in [3.05, 3.63) is 0 Å². The molecule has 0 aromatic rings. The molecule has 0 unspecified atom stereocenters. The molecule has 184 valence electrons. The second-order valence-electron chi connectivity index (χ2n) is 7.69. The number of carboxylic acid groups (broad SMARTS) is 2. The minimum absolute atomic E-state index is 0.0181. The van der Waals surface area contributed by atoms with Crippen molar-refractivity contribution in [3.63, 3.8) is 0 Å². The number of nitrogens with zero attached hydrogens (tertiary/aromatic N) is 2. The predicted octanol–water partition coefficient (Wildman–Crippen LogP) is -2.25. The topological polar surface area (TPSA) is 212 Å². The fourth-order valence-corrected chi connectivity index (χ4v) is 5.11. The molecule has 0 spiro atoms. The van der Waals surface area contributed by atoms with E-state index in [0.29, 0.717) is 18.6 Å². The van der Waals surface area contributed by atoms with Crippen molar-refractivity contribution in [1.82, 2.24) is 10.2 Å². The van der Waals surface area contributed by atoms with E-state index in [1.165, 1.54) is 23.6 Å². The van der Waals surface area contributed by atoms with E-state index >= 15 is 0 Å². The second-order valence-corrected chi connectivity index (χ2v) is 8.84. The smallest absolute Gasteiger partial charge is 0.326 e. The third-order valence-electron chi connectivity index (χ3n) is 5.27. The highest BCUT2D eigenvalue weighted by Gasteiger charge is 2.57. The number of fused-ring (bicyclic) bond motifs is 1. The Kier molecular flexibility index (Phi) is 9.46. The third-order valence-corrected chi connectivity index (χ3v) is 6.71. The summed E-state index contributed by atoms with van der Waals surface area (Å²) in [4.78, 5) is 62.8. The summed E-state index contributed by atoms with van der Waals surface area (Å²) in [5, 5.41) is 32.6. The van der Waals surface area contributed by atoms with Crippen molar-refractivity contribution >= 4 is 47.4 Å². The molecule has 5 atom stereocenters. The molecule has 2 rings (SSSR count). The van der Waals surface area contributed by atoms with Crippen LogP contribution in [0.3, 0.4) is 0 Å². The second kappa shape index (κ2) is 11.8. The average Bonchev–Trinajstić information content (AvgIpc) is 2.76. The molecule has 2 saturated heterocycles. The zero-order valence-electron chi connectivity index (χ0n) is 18.0. The normalized spacial score (nSPS) is 25.5. The molecule has 33 heavy (non-hydrogen) atoms. The van der Waals surface area contributed by atoms with Crippen LogP contribution in [0.4, 0.5) is 0 Å². The number of rotatable bonds is 12. The molecule has 2 aliphatic rings. The fraction of sp³-hybridized carbons (Fsp3) is 0.684. The maximum Gasteiger partial charge on any atom is 0.326 e. The number of carbonyl (C=O) groups excluding carboxylic acids is 3. The lowest BCUT2D eigenvalue weighted by molar-refractivity contribution is -0.220. The Hall–Kier alpha value is -2.87. The van der Waals surface area contributed by atoms with E-state index in [2.05, 4.69) is 10.3 Å². The van der Waals surface area contributed by atoms with Gasteiger partial charge >= 0.3 is 17.9 Å². The van der Waals surface area contributed by atoms with E-state index in [-0.39, 0.29) is 26.0 Å². The summed E-state index contributed by atoms with van der Waals surface area (Å²) >= 11 is 1.28. The summed E-state index contributed by atoms with van der Waals surface area (Å²) in [7, 11) is 0. The van der Waals surface area contributed by atoms with Gasteiger partial charge in [0.2, 0.25) is 5.91 Å². The van der Waals surface area contributed by atoms with Crippen molar-refractivity contribution in [2.24, 2.45) is 16.6 Å². The minimum Gasteiger partial charge on any atom is -0.862 e. The third kappa shape index (κ3) is 6.81. The van der Waals surface area contributed by atoms with Crippen LogP contribution in [0, 0.1) is 5.92 Å². The molecule has 0 bridgehead atoms.